The number of hydrogen-bond acceptors (Lipinski definition) is 0. The van der Waals surface area contributed by atoms with Gasteiger partial charge in [0, 0.05) is 6.42 Å². The Bertz CT molecular complexity index is 315. The molecule has 0 saturated carbocycles. The van der Waals surface area contributed by atoms with Gasteiger partial charge in [0.05, 0.1) is 13.1 Å². The van der Waals surface area contributed by atoms with E-state index in [0.717, 1.165) is 0 Å². The van der Waals surface area contributed by atoms with Crippen molar-refractivity contribution in [2.75, 3.05) is 0 Å². The fourth-order valence-electron chi connectivity index (χ4n) is 2.45. The molecule has 1 aromatic rings. The van der Waals surface area contributed by atoms with E-state index in [-0.39, 0.29) is 0 Å². The predicted molar refractivity (Wildman–Crippen MR) is 77.7 cm³/mol. The molecule has 104 valence electrons. The van der Waals surface area contributed by atoms with E-state index in [1.807, 2.05) is 0 Å². The van der Waals surface area contributed by atoms with Gasteiger partial charge in [-0.3, -0.25) is 0 Å². The van der Waals surface area contributed by atoms with E-state index in [2.05, 4.69) is 42.3 Å². The maximum atomic E-state index is 2.48. The molecule has 0 aromatic carbocycles. The minimum atomic E-state index is 1.19. The van der Waals surface area contributed by atoms with Gasteiger partial charge in [-0.1, -0.05) is 40.0 Å². The monoisotopic (exact) mass is 251 g/mol. The van der Waals surface area contributed by atoms with Gasteiger partial charge in [-0.25, -0.2) is 9.13 Å². The largest absolute Gasteiger partial charge is 0.256 e. The van der Waals surface area contributed by atoms with E-state index in [1.165, 1.54) is 70.3 Å². The van der Waals surface area contributed by atoms with Crippen LogP contribution in [-0.2, 0) is 19.5 Å². The van der Waals surface area contributed by atoms with Crippen molar-refractivity contribution in [1.82, 2.24) is 4.57 Å². The summed E-state index contributed by atoms with van der Waals surface area (Å²) in [5.74, 6) is 1.53. The molecule has 0 aliphatic heterocycles. The SMILES string of the molecule is CCCCCC[n+]1ccn(CCCC)c1CCC. The standard InChI is InChI=1S/C16H31N2/c1-4-7-9-10-13-18-15-14-17(12-8-5-2)16(18)11-6-3/h14-15H,4-13H2,1-3H3/q+1. The van der Waals surface area contributed by atoms with Crippen molar-refractivity contribution in [1.29, 1.82) is 0 Å². The summed E-state index contributed by atoms with van der Waals surface area (Å²) in [6.45, 7) is 9.21. The van der Waals surface area contributed by atoms with Crippen LogP contribution in [0.3, 0.4) is 0 Å². The molecule has 2 nitrogen and oxygen atoms in total. The number of unbranched alkanes of at least 4 members (excludes halogenated alkanes) is 4. The van der Waals surface area contributed by atoms with Crippen LogP contribution < -0.4 is 4.57 Å². The smallest absolute Gasteiger partial charge is 0.234 e. The fourth-order valence-corrected chi connectivity index (χ4v) is 2.45. The highest BCUT2D eigenvalue weighted by Crippen LogP contribution is 2.05. The Kier molecular flexibility index (Phi) is 7.79. The Morgan fingerprint density at radius 2 is 1.72 bits per heavy atom. The van der Waals surface area contributed by atoms with Crippen LogP contribution in [0.5, 0.6) is 0 Å². The number of imidazole rings is 1. The molecule has 0 amide bonds. The fraction of sp³-hybridized carbons (Fsp3) is 0.812. The molecule has 0 aliphatic carbocycles. The third kappa shape index (κ3) is 4.83. The molecule has 0 N–H and O–H groups in total. The minimum absolute atomic E-state index is 1.19. The zero-order valence-corrected chi connectivity index (χ0v) is 12.6. The summed E-state index contributed by atoms with van der Waals surface area (Å²) >= 11 is 0. The van der Waals surface area contributed by atoms with Crippen LogP contribution in [0.15, 0.2) is 12.4 Å². The van der Waals surface area contributed by atoms with Crippen molar-refractivity contribution < 1.29 is 4.57 Å². The maximum absolute atomic E-state index is 2.48. The van der Waals surface area contributed by atoms with Gasteiger partial charge in [0.25, 0.3) is 5.82 Å². The second kappa shape index (κ2) is 9.18. The summed E-state index contributed by atoms with van der Waals surface area (Å²) in [7, 11) is 0. The van der Waals surface area contributed by atoms with Gasteiger partial charge in [0.1, 0.15) is 12.4 Å². The highest BCUT2D eigenvalue weighted by Gasteiger charge is 2.15. The molecular formula is C16H31N2+. The van der Waals surface area contributed by atoms with Crippen molar-refractivity contribution in [3.05, 3.63) is 18.2 Å². The van der Waals surface area contributed by atoms with Crippen molar-refractivity contribution in [3.8, 4) is 0 Å². The Hall–Kier alpha value is -0.790. The predicted octanol–water partition coefficient (Wildman–Crippen LogP) is 4.11. The summed E-state index contributed by atoms with van der Waals surface area (Å²) in [6, 6.07) is 0. The Morgan fingerprint density at radius 1 is 0.944 bits per heavy atom. The number of aryl methyl sites for hydroxylation is 2. The molecule has 1 rings (SSSR count). The average Bonchev–Trinajstić information content (AvgIpc) is 2.75. The molecule has 1 heterocycles. The first-order valence-corrected chi connectivity index (χ1v) is 7.90. The van der Waals surface area contributed by atoms with Crippen LogP contribution in [0, 0.1) is 0 Å². The van der Waals surface area contributed by atoms with E-state index in [4.69, 9.17) is 0 Å². The van der Waals surface area contributed by atoms with Crippen LogP contribution >= 0.6 is 0 Å². The normalized spacial score (nSPS) is 11.1. The first-order chi connectivity index (χ1) is 8.83. The van der Waals surface area contributed by atoms with Crippen molar-refractivity contribution in [2.24, 2.45) is 0 Å². The quantitative estimate of drug-likeness (QED) is 0.437. The molecular weight excluding hydrogens is 220 g/mol. The second-order valence-corrected chi connectivity index (χ2v) is 5.27. The second-order valence-electron chi connectivity index (χ2n) is 5.27. The van der Waals surface area contributed by atoms with E-state index >= 15 is 0 Å². The summed E-state index contributed by atoms with van der Waals surface area (Å²) in [4.78, 5) is 0. The summed E-state index contributed by atoms with van der Waals surface area (Å²) in [5, 5.41) is 0. The molecule has 0 bridgehead atoms. The van der Waals surface area contributed by atoms with Gasteiger partial charge in [-0.15, -0.1) is 0 Å². The van der Waals surface area contributed by atoms with Gasteiger partial charge in [-0.05, 0) is 25.7 Å². The van der Waals surface area contributed by atoms with Gasteiger partial charge in [0.15, 0.2) is 0 Å². The Labute approximate surface area is 113 Å². The van der Waals surface area contributed by atoms with Gasteiger partial charge in [-0.2, -0.15) is 0 Å². The molecule has 0 unspecified atom stereocenters. The lowest BCUT2D eigenvalue weighted by atomic mass is 10.2. The van der Waals surface area contributed by atoms with E-state index in [0.29, 0.717) is 0 Å². The summed E-state index contributed by atoms with van der Waals surface area (Å²) in [5.41, 5.74) is 0. The van der Waals surface area contributed by atoms with Gasteiger partial charge < -0.3 is 0 Å². The summed E-state index contributed by atoms with van der Waals surface area (Å²) in [6.07, 6.45) is 15.0. The maximum Gasteiger partial charge on any atom is 0.256 e. The van der Waals surface area contributed by atoms with Crippen molar-refractivity contribution >= 4 is 0 Å². The third-order valence-corrected chi connectivity index (χ3v) is 3.57. The molecule has 0 spiro atoms. The lowest BCUT2D eigenvalue weighted by molar-refractivity contribution is -0.704. The van der Waals surface area contributed by atoms with Crippen LogP contribution in [0.1, 0.15) is 71.5 Å². The van der Waals surface area contributed by atoms with Crippen molar-refractivity contribution in [2.45, 2.75) is 85.2 Å². The Balaban J connectivity index is 2.56. The number of nitrogens with zero attached hydrogens (tertiary/aromatic N) is 2. The third-order valence-electron chi connectivity index (χ3n) is 3.57. The molecule has 18 heavy (non-hydrogen) atoms. The molecule has 0 fully saturated rings. The average molecular weight is 251 g/mol. The zero-order chi connectivity index (χ0) is 13.2. The Morgan fingerprint density at radius 3 is 2.39 bits per heavy atom. The summed E-state index contributed by atoms with van der Waals surface area (Å²) < 4.78 is 4.95. The molecule has 0 aliphatic rings. The van der Waals surface area contributed by atoms with Crippen LogP contribution in [0.4, 0.5) is 0 Å². The zero-order valence-electron chi connectivity index (χ0n) is 12.6. The number of hydrogen-bond donors (Lipinski definition) is 0. The molecule has 1 aromatic heterocycles. The minimum Gasteiger partial charge on any atom is -0.234 e. The molecule has 2 heteroatoms. The first kappa shape index (κ1) is 15.3. The van der Waals surface area contributed by atoms with E-state index in [1.54, 1.807) is 0 Å². The lowest BCUT2D eigenvalue weighted by Crippen LogP contribution is -2.37. The lowest BCUT2D eigenvalue weighted by Gasteiger charge is -2.04. The first-order valence-electron chi connectivity index (χ1n) is 7.90. The number of rotatable bonds is 10. The molecule has 0 atom stereocenters. The van der Waals surface area contributed by atoms with E-state index < -0.39 is 0 Å². The highest BCUT2D eigenvalue weighted by atomic mass is 15.1. The molecule has 0 radical (unpaired) electrons. The van der Waals surface area contributed by atoms with Gasteiger partial charge >= 0.3 is 0 Å². The number of aromatic nitrogens is 2. The van der Waals surface area contributed by atoms with Gasteiger partial charge in [0.2, 0.25) is 0 Å². The van der Waals surface area contributed by atoms with Crippen LogP contribution in [-0.4, -0.2) is 4.57 Å². The van der Waals surface area contributed by atoms with Crippen molar-refractivity contribution in [3.63, 3.8) is 0 Å². The highest BCUT2D eigenvalue weighted by molar-refractivity contribution is 4.83. The molecule has 0 saturated heterocycles. The van der Waals surface area contributed by atoms with Crippen LogP contribution in [0.25, 0.3) is 0 Å². The van der Waals surface area contributed by atoms with Crippen LogP contribution in [0.2, 0.25) is 0 Å². The van der Waals surface area contributed by atoms with E-state index in [9.17, 15) is 0 Å². The topological polar surface area (TPSA) is 8.81 Å².